The largest absolute Gasteiger partial charge is 0.353 e. The molecule has 5 rings (SSSR count). The number of nitrogens with zero attached hydrogens (tertiary/aromatic N) is 8. The summed E-state index contributed by atoms with van der Waals surface area (Å²) in [5.74, 6) is 2.04. The number of amides is 1. The van der Waals surface area contributed by atoms with E-state index in [2.05, 4.69) is 30.1 Å². The van der Waals surface area contributed by atoms with Crippen LogP contribution in [-0.4, -0.2) is 66.7 Å². The maximum Gasteiger partial charge on any atom is 0.254 e. The van der Waals surface area contributed by atoms with Crippen LogP contribution in [0.4, 0.5) is 10.2 Å². The van der Waals surface area contributed by atoms with Gasteiger partial charge in [0.2, 0.25) is 17.6 Å². The number of halogens is 1. The van der Waals surface area contributed by atoms with Gasteiger partial charge in [-0.1, -0.05) is 5.16 Å². The van der Waals surface area contributed by atoms with E-state index in [-0.39, 0.29) is 18.1 Å². The third-order valence-electron chi connectivity index (χ3n) is 5.75. The molecule has 0 radical (unpaired) electrons. The van der Waals surface area contributed by atoms with Gasteiger partial charge in [0.05, 0.1) is 0 Å². The van der Waals surface area contributed by atoms with E-state index in [4.69, 9.17) is 4.52 Å². The molecule has 3 aromatic heterocycles. The topological polar surface area (TPSA) is 106 Å². The lowest BCUT2D eigenvalue weighted by atomic mass is 10.1. The van der Waals surface area contributed by atoms with Crippen LogP contribution in [0, 0.1) is 19.7 Å². The highest BCUT2D eigenvalue weighted by Gasteiger charge is 2.24. The summed E-state index contributed by atoms with van der Waals surface area (Å²) in [6, 6.07) is 6.64. The van der Waals surface area contributed by atoms with Gasteiger partial charge in [-0.25, -0.2) is 9.37 Å². The molecular weight excluding hydrogens is 427 g/mol. The SMILES string of the molecule is Cc1cc(N2CCN(C(=O)CCc3nc(-c4ccc(F)c(C)c4)no3)CC2)n2ncnc2n1. The van der Waals surface area contributed by atoms with Crippen LogP contribution in [0.1, 0.15) is 23.6 Å². The van der Waals surface area contributed by atoms with E-state index in [1.165, 1.54) is 12.4 Å². The van der Waals surface area contributed by atoms with Gasteiger partial charge in [-0.15, -0.1) is 0 Å². The molecule has 0 saturated carbocycles. The molecule has 1 aliphatic rings. The number of hydrogen-bond acceptors (Lipinski definition) is 8. The predicted octanol–water partition coefficient (Wildman–Crippen LogP) is 2.21. The van der Waals surface area contributed by atoms with Crippen LogP contribution in [0.2, 0.25) is 0 Å². The normalized spacial score (nSPS) is 14.3. The number of aryl methyl sites for hydroxylation is 3. The summed E-state index contributed by atoms with van der Waals surface area (Å²) in [7, 11) is 0. The molecule has 0 aliphatic carbocycles. The highest BCUT2D eigenvalue weighted by atomic mass is 19.1. The molecule has 0 unspecified atom stereocenters. The first kappa shape index (κ1) is 21.0. The predicted molar refractivity (Wildman–Crippen MR) is 117 cm³/mol. The zero-order valence-electron chi connectivity index (χ0n) is 18.4. The Bertz CT molecular complexity index is 1310. The summed E-state index contributed by atoms with van der Waals surface area (Å²) >= 11 is 0. The third kappa shape index (κ3) is 4.26. The lowest BCUT2D eigenvalue weighted by Gasteiger charge is -2.36. The van der Waals surface area contributed by atoms with Gasteiger partial charge < -0.3 is 14.3 Å². The Labute approximate surface area is 189 Å². The molecule has 0 atom stereocenters. The summed E-state index contributed by atoms with van der Waals surface area (Å²) in [6.07, 6.45) is 2.13. The molecule has 0 spiro atoms. The van der Waals surface area contributed by atoms with Crippen LogP contribution in [0.5, 0.6) is 0 Å². The summed E-state index contributed by atoms with van der Waals surface area (Å²) in [5, 5.41) is 8.22. The van der Waals surface area contributed by atoms with Gasteiger partial charge >= 0.3 is 0 Å². The number of carbonyl (C=O) groups is 1. The number of piperazine rings is 1. The van der Waals surface area contributed by atoms with Crippen molar-refractivity contribution in [2.45, 2.75) is 26.7 Å². The molecule has 4 aromatic rings. The van der Waals surface area contributed by atoms with Crippen molar-refractivity contribution in [2.75, 3.05) is 31.1 Å². The molecule has 10 nitrogen and oxygen atoms in total. The van der Waals surface area contributed by atoms with Gasteiger partial charge in [-0.3, -0.25) is 4.79 Å². The summed E-state index contributed by atoms with van der Waals surface area (Å²) in [5.41, 5.74) is 2.07. The molecule has 1 saturated heterocycles. The first-order valence-electron chi connectivity index (χ1n) is 10.8. The van der Waals surface area contributed by atoms with Crippen LogP contribution in [-0.2, 0) is 11.2 Å². The van der Waals surface area contributed by atoms with Crippen molar-refractivity contribution in [2.24, 2.45) is 0 Å². The number of anilines is 1. The zero-order valence-corrected chi connectivity index (χ0v) is 18.4. The minimum Gasteiger partial charge on any atom is -0.353 e. The third-order valence-corrected chi connectivity index (χ3v) is 5.75. The first-order valence-corrected chi connectivity index (χ1v) is 10.8. The van der Waals surface area contributed by atoms with Crippen molar-refractivity contribution in [3.63, 3.8) is 0 Å². The average Bonchev–Trinajstić information content (AvgIpc) is 3.48. The van der Waals surface area contributed by atoms with E-state index in [1.54, 1.807) is 23.6 Å². The highest BCUT2D eigenvalue weighted by molar-refractivity contribution is 5.76. The van der Waals surface area contributed by atoms with Crippen LogP contribution >= 0.6 is 0 Å². The van der Waals surface area contributed by atoms with E-state index in [0.717, 1.165) is 11.5 Å². The monoisotopic (exact) mass is 450 g/mol. The van der Waals surface area contributed by atoms with Gasteiger partial charge in [0, 0.05) is 56.3 Å². The molecular formula is C22H23FN8O2. The Morgan fingerprint density at radius 1 is 1.12 bits per heavy atom. The van der Waals surface area contributed by atoms with Crippen LogP contribution < -0.4 is 4.90 Å². The number of hydrogen-bond donors (Lipinski definition) is 0. The Hall–Kier alpha value is -3.89. The van der Waals surface area contributed by atoms with Crippen molar-refractivity contribution >= 4 is 17.5 Å². The second kappa shape index (κ2) is 8.57. The van der Waals surface area contributed by atoms with E-state index < -0.39 is 0 Å². The number of rotatable bonds is 5. The molecule has 170 valence electrons. The van der Waals surface area contributed by atoms with Crippen molar-refractivity contribution in [3.8, 4) is 11.4 Å². The molecule has 0 N–H and O–H groups in total. The van der Waals surface area contributed by atoms with Gasteiger partial charge in [0.25, 0.3) is 5.78 Å². The van der Waals surface area contributed by atoms with Crippen LogP contribution in [0.15, 0.2) is 35.1 Å². The minimum atomic E-state index is -0.280. The molecule has 1 amide bonds. The minimum absolute atomic E-state index is 0.0452. The smallest absolute Gasteiger partial charge is 0.254 e. The standard InChI is InChI=1S/C22H23FN8O2/c1-14-11-16(3-4-17(14)23)21-27-18(33-28-21)5-6-20(32)30-9-7-29(8-10-30)19-12-15(2)26-22-24-13-25-31(19)22/h3-4,11-13H,5-10H2,1-2H3. The molecule has 0 bridgehead atoms. The van der Waals surface area contributed by atoms with E-state index in [1.807, 2.05) is 17.9 Å². The number of fused-ring (bicyclic) bond motifs is 1. The van der Waals surface area contributed by atoms with E-state index >= 15 is 0 Å². The van der Waals surface area contributed by atoms with Crippen molar-refractivity contribution in [1.29, 1.82) is 0 Å². The Balaban J connectivity index is 1.17. The van der Waals surface area contributed by atoms with E-state index in [9.17, 15) is 9.18 Å². The van der Waals surface area contributed by atoms with Crippen LogP contribution in [0.3, 0.4) is 0 Å². The Kier molecular flexibility index (Phi) is 5.45. The quantitative estimate of drug-likeness (QED) is 0.456. The summed E-state index contributed by atoms with van der Waals surface area (Å²) in [6.45, 7) is 6.22. The fourth-order valence-corrected chi connectivity index (χ4v) is 3.95. The fraction of sp³-hybridized carbons (Fsp3) is 0.364. The molecule has 1 aromatic carbocycles. The molecule has 1 fully saturated rings. The van der Waals surface area contributed by atoms with Crippen LogP contribution in [0.25, 0.3) is 17.2 Å². The second-order valence-corrected chi connectivity index (χ2v) is 8.07. The summed E-state index contributed by atoms with van der Waals surface area (Å²) < 4.78 is 20.5. The molecule has 11 heteroatoms. The van der Waals surface area contributed by atoms with Gasteiger partial charge in [-0.05, 0) is 37.6 Å². The molecule has 4 heterocycles. The summed E-state index contributed by atoms with van der Waals surface area (Å²) in [4.78, 5) is 29.7. The maximum atomic E-state index is 13.5. The molecule has 1 aliphatic heterocycles. The van der Waals surface area contributed by atoms with Crippen molar-refractivity contribution < 1.29 is 13.7 Å². The van der Waals surface area contributed by atoms with Gasteiger partial charge in [0.15, 0.2) is 0 Å². The zero-order chi connectivity index (χ0) is 22.9. The maximum absolute atomic E-state index is 13.5. The first-order chi connectivity index (χ1) is 16.0. The number of aromatic nitrogens is 6. The van der Waals surface area contributed by atoms with E-state index in [0.29, 0.717) is 61.2 Å². The number of carbonyl (C=O) groups excluding carboxylic acids is 1. The Morgan fingerprint density at radius 2 is 1.94 bits per heavy atom. The van der Waals surface area contributed by atoms with Crippen molar-refractivity contribution in [3.05, 3.63) is 53.6 Å². The highest BCUT2D eigenvalue weighted by Crippen LogP contribution is 2.21. The van der Waals surface area contributed by atoms with Gasteiger partial charge in [0.1, 0.15) is 18.0 Å². The fourth-order valence-electron chi connectivity index (χ4n) is 3.95. The lowest BCUT2D eigenvalue weighted by Crippen LogP contribution is -2.49. The second-order valence-electron chi connectivity index (χ2n) is 8.07. The van der Waals surface area contributed by atoms with Gasteiger partial charge in [-0.2, -0.15) is 19.6 Å². The Morgan fingerprint density at radius 3 is 2.73 bits per heavy atom. The lowest BCUT2D eigenvalue weighted by molar-refractivity contribution is -0.131. The average molecular weight is 450 g/mol. The van der Waals surface area contributed by atoms with Crippen molar-refractivity contribution in [1.82, 2.24) is 34.6 Å². The number of benzene rings is 1. The molecule has 33 heavy (non-hydrogen) atoms.